The van der Waals surface area contributed by atoms with Crippen molar-refractivity contribution in [2.45, 2.75) is 6.18 Å². The van der Waals surface area contributed by atoms with E-state index in [1.165, 1.54) is 0 Å². The highest BCUT2D eigenvalue weighted by molar-refractivity contribution is 9.10. The van der Waals surface area contributed by atoms with Crippen LogP contribution in [0.1, 0.15) is 5.56 Å². The van der Waals surface area contributed by atoms with Gasteiger partial charge in [-0.25, -0.2) is 0 Å². The van der Waals surface area contributed by atoms with Gasteiger partial charge in [0.15, 0.2) is 11.5 Å². The van der Waals surface area contributed by atoms with Crippen molar-refractivity contribution in [2.24, 2.45) is 0 Å². The van der Waals surface area contributed by atoms with Crippen LogP contribution in [0.25, 0.3) is 22.5 Å². The summed E-state index contributed by atoms with van der Waals surface area (Å²) in [5.41, 5.74) is 1.53. The molecular weight excluding hydrogens is 413 g/mol. The predicted octanol–water partition coefficient (Wildman–Crippen LogP) is 5.30. The van der Waals surface area contributed by atoms with E-state index in [2.05, 4.69) is 26.1 Å². The van der Waals surface area contributed by atoms with E-state index in [1.54, 1.807) is 18.2 Å². The molecule has 4 rings (SSSR count). The van der Waals surface area contributed by atoms with Gasteiger partial charge in [0.25, 0.3) is 0 Å². The molecule has 0 bridgehead atoms. The maximum atomic E-state index is 13.0. The van der Waals surface area contributed by atoms with Crippen LogP contribution in [0.2, 0.25) is 0 Å². The third-order valence-electron chi connectivity index (χ3n) is 3.95. The number of nitrogens with one attached hydrogen (secondary N) is 1. The van der Waals surface area contributed by atoms with Gasteiger partial charge in [-0.15, -0.1) is 0 Å². The van der Waals surface area contributed by atoms with Crippen molar-refractivity contribution in [3.8, 4) is 34.0 Å². The molecule has 0 fully saturated rings. The molecule has 0 amide bonds. The van der Waals surface area contributed by atoms with Crippen LogP contribution in [0.3, 0.4) is 0 Å². The van der Waals surface area contributed by atoms with E-state index in [0.29, 0.717) is 46.1 Å². The highest BCUT2D eigenvalue weighted by Gasteiger charge is 2.31. The predicted molar refractivity (Wildman–Crippen MR) is 93.2 cm³/mol. The second-order valence-corrected chi connectivity index (χ2v) is 6.67. The van der Waals surface area contributed by atoms with Crippen molar-refractivity contribution in [3.63, 3.8) is 0 Å². The van der Waals surface area contributed by atoms with Gasteiger partial charge in [-0.2, -0.15) is 18.3 Å². The molecule has 1 N–H and O–H groups in total. The summed E-state index contributed by atoms with van der Waals surface area (Å²) in [7, 11) is 0. The van der Waals surface area contributed by atoms with Crippen LogP contribution < -0.4 is 9.47 Å². The summed E-state index contributed by atoms with van der Waals surface area (Å²) in [4.78, 5) is 0. The lowest BCUT2D eigenvalue weighted by molar-refractivity contribution is -0.137. The first-order valence-electron chi connectivity index (χ1n) is 7.74. The van der Waals surface area contributed by atoms with E-state index < -0.39 is 11.7 Å². The Morgan fingerprint density at radius 2 is 1.69 bits per heavy atom. The van der Waals surface area contributed by atoms with Crippen LogP contribution in [0, 0.1) is 0 Å². The van der Waals surface area contributed by atoms with E-state index in [4.69, 9.17) is 9.47 Å². The maximum Gasteiger partial charge on any atom is 0.416 e. The van der Waals surface area contributed by atoms with E-state index in [-0.39, 0.29) is 0 Å². The molecule has 0 unspecified atom stereocenters. The molecular formula is C18H12BrF3N2O2. The van der Waals surface area contributed by atoms with Gasteiger partial charge in [-0.05, 0) is 42.5 Å². The van der Waals surface area contributed by atoms with Crippen LogP contribution in [-0.2, 0) is 6.18 Å². The molecule has 26 heavy (non-hydrogen) atoms. The molecule has 4 nitrogen and oxygen atoms in total. The van der Waals surface area contributed by atoms with Gasteiger partial charge in [0.1, 0.15) is 13.2 Å². The smallest absolute Gasteiger partial charge is 0.416 e. The van der Waals surface area contributed by atoms with E-state index in [1.807, 2.05) is 12.1 Å². The van der Waals surface area contributed by atoms with Crippen molar-refractivity contribution in [2.75, 3.05) is 13.2 Å². The number of aromatic amines is 1. The lowest BCUT2D eigenvalue weighted by Crippen LogP contribution is -2.15. The molecule has 134 valence electrons. The van der Waals surface area contributed by atoms with Gasteiger partial charge < -0.3 is 9.47 Å². The van der Waals surface area contributed by atoms with Gasteiger partial charge in [0.2, 0.25) is 0 Å². The van der Waals surface area contributed by atoms with E-state index >= 15 is 0 Å². The summed E-state index contributed by atoms with van der Waals surface area (Å²) in [6, 6.07) is 10.9. The number of nitrogens with zero attached hydrogens (tertiary/aromatic N) is 1. The van der Waals surface area contributed by atoms with Crippen LogP contribution in [-0.4, -0.2) is 23.4 Å². The number of H-pyrrole nitrogens is 1. The molecule has 0 saturated heterocycles. The molecule has 1 aliphatic rings. The SMILES string of the molecule is FC(F)(F)c1cc(Br)cc(-c2cc(-c3ccc4c(c3)OCCO4)[nH]n2)c1. The Bertz CT molecular complexity index is 969. The van der Waals surface area contributed by atoms with Gasteiger partial charge in [-0.3, -0.25) is 5.10 Å². The van der Waals surface area contributed by atoms with Crippen molar-refractivity contribution in [3.05, 3.63) is 52.5 Å². The van der Waals surface area contributed by atoms with Crippen LogP contribution >= 0.6 is 15.9 Å². The number of halogens is 4. The standard InChI is InChI=1S/C18H12BrF3N2O2/c19-13-6-11(5-12(8-13)18(20,21)22)15-9-14(23-24-15)10-1-2-16-17(7-10)26-4-3-25-16/h1-2,5-9H,3-4H2,(H,23,24). The number of rotatable bonds is 2. The molecule has 0 saturated carbocycles. The first-order chi connectivity index (χ1) is 12.4. The Morgan fingerprint density at radius 3 is 2.46 bits per heavy atom. The van der Waals surface area contributed by atoms with Crippen molar-refractivity contribution in [1.29, 1.82) is 0 Å². The Hall–Kier alpha value is -2.48. The number of hydrogen-bond donors (Lipinski definition) is 1. The molecule has 0 spiro atoms. The average Bonchev–Trinajstić information content (AvgIpc) is 3.10. The van der Waals surface area contributed by atoms with Crippen LogP contribution in [0.15, 0.2) is 46.9 Å². The lowest BCUT2D eigenvalue weighted by atomic mass is 10.1. The number of hydrogen-bond acceptors (Lipinski definition) is 3. The summed E-state index contributed by atoms with van der Waals surface area (Å²) < 4.78 is 50.4. The Kier molecular flexibility index (Phi) is 4.14. The molecule has 0 atom stereocenters. The summed E-state index contributed by atoms with van der Waals surface area (Å²) in [6.45, 7) is 0.980. The minimum atomic E-state index is -4.42. The average molecular weight is 425 g/mol. The second-order valence-electron chi connectivity index (χ2n) is 5.75. The number of aromatic nitrogens is 2. The minimum absolute atomic E-state index is 0.339. The normalized spacial score (nSPS) is 13.7. The fourth-order valence-corrected chi connectivity index (χ4v) is 3.22. The van der Waals surface area contributed by atoms with Crippen LogP contribution in [0.5, 0.6) is 11.5 Å². The highest BCUT2D eigenvalue weighted by Crippen LogP contribution is 2.37. The molecule has 0 aliphatic carbocycles. The molecule has 2 heterocycles. The first-order valence-corrected chi connectivity index (χ1v) is 8.53. The highest BCUT2D eigenvalue weighted by atomic mass is 79.9. The molecule has 2 aromatic carbocycles. The first kappa shape index (κ1) is 17.0. The van der Waals surface area contributed by atoms with Gasteiger partial charge in [-0.1, -0.05) is 15.9 Å². The third-order valence-corrected chi connectivity index (χ3v) is 4.41. The van der Waals surface area contributed by atoms with Crippen molar-refractivity contribution in [1.82, 2.24) is 10.2 Å². The molecule has 1 aromatic heterocycles. The topological polar surface area (TPSA) is 47.1 Å². The summed E-state index contributed by atoms with van der Waals surface area (Å²) in [5.74, 6) is 1.30. The monoisotopic (exact) mass is 424 g/mol. The molecule has 0 radical (unpaired) electrons. The number of fused-ring (bicyclic) bond motifs is 1. The van der Waals surface area contributed by atoms with E-state index in [0.717, 1.165) is 17.7 Å². The lowest BCUT2D eigenvalue weighted by Gasteiger charge is -2.18. The summed E-state index contributed by atoms with van der Waals surface area (Å²) in [6.07, 6.45) is -4.42. The minimum Gasteiger partial charge on any atom is -0.486 e. The zero-order valence-corrected chi connectivity index (χ0v) is 14.8. The number of benzene rings is 2. The maximum absolute atomic E-state index is 13.0. The van der Waals surface area contributed by atoms with E-state index in [9.17, 15) is 13.2 Å². The van der Waals surface area contributed by atoms with Gasteiger partial charge in [0.05, 0.1) is 17.0 Å². The number of alkyl halides is 3. The zero-order chi connectivity index (χ0) is 18.3. The molecule has 1 aliphatic heterocycles. The largest absolute Gasteiger partial charge is 0.486 e. The van der Waals surface area contributed by atoms with Crippen molar-refractivity contribution >= 4 is 15.9 Å². The van der Waals surface area contributed by atoms with Gasteiger partial charge >= 0.3 is 6.18 Å². The zero-order valence-electron chi connectivity index (χ0n) is 13.2. The molecule has 3 aromatic rings. The van der Waals surface area contributed by atoms with Gasteiger partial charge in [0, 0.05) is 15.6 Å². The summed E-state index contributed by atoms with van der Waals surface area (Å²) >= 11 is 3.13. The summed E-state index contributed by atoms with van der Waals surface area (Å²) in [5, 5.41) is 7.02. The number of ether oxygens (including phenoxy) is 2. The quantitative estimate of drug-likeness (QED) is 0.607. The second kappa shape index (κ2) is 6.35. The Morgan fingerprint density at radius 1 is 0.923 bits per heavy atom. The third kappa shape index (κ3) is 3.29. The Labute approximate surface area is 155 Å². The van der Waals surface area contributed by atoms with Crippen LogP contribution in [0.4, 0.5) is 13.2 Å². The fourth-order valence-electron chi connectivity index (χ4n) is 2.73. The molecule has 8 heteroatoms. The Balaban J connectivity index is 1.70. The fraction of sp³-hybridized carbons (Fsp3) is 0.167. The van der Waals surface area contributed by atoms with Crippen molar-refractivity contribution < 1.29 is 22.6 Å².